The van der Waals surface area contributed by atoms with Gasteiger partial charge in [0.05, 0.1) is 16.9 Å². The summed E-state index contributed by atoms with van der Waals surface area (Å²) in [5.74, 6) is 1.29. The van der Waals surface area contributed by atoms with Crippen molar-refractivity contribution < 1.29 is 9.47 Å². The van der Waals surface area contributed by atoms with E-state index in [4.69, 9.17) is 14.5 Å². The first-order valence-corrected chi connectivity index (χ1v) is 16.7. The maximum absolute atomic E-state index is 6.05. The molecule has 1 N–H and O–H groups in total. The summed E-state index contributed by atoms with van der Waals surface area (Å²) >= 11 is 0. The Labute approximate surface area is 219 Å². The third kappa shape index (κ3) is 7.01. The van der Waals surface area contributed by atoms with Crippen molar-refractivity contribution in [1.29, 1.82) is 0 Å². The molecular formula is C28H36N6O2Si. The number of nitrogens with one attached hydrogen (secondary N) is 1. The number of hydrogen-bond donors (Lipinski definition) is 1. The van der Waals surface area contributed by atoms with Crippen molar-refractivity contribution in [2.24, 2.45) is 0 Å². The lowest BCUT2D eigenvalue weighted by molar-refractivity contribution is 0.0798. The number of fused-ring (bicyclic) bond motifs is 1. The van der Waals surface area contributed by atoms with Gasteiger partial charge in [-0.15, -0.1) is 0 Å². The molecule has 1 fully saturated rings. The van der Waals surface area contributed by atoms with E-state index >= 15 is 0 Å². The van der Waals surface area contributed by atoms with Gasteiger partial charge in [0.15, 0.2) is 0 Å². The molecule has 0 aliphatic carbocycles. The van der Waals surface area contributed by atoms with Gasteiger partial charge in [-0.1, -0.05) is 25.7 Å². The number of rotatable bonds is 10. The van der Waals surface area contributed by atoms with Crippen LogP contribution in [0, 0.1) is 0 Å². The lowest BCUT2D eigenvalue weighted by atomic mass is 10.2. The van der Waals surface area contributed by atoms with E-state index < -0.39 is 8.07 Å². The highest BCUT2D eigenvalue weighted by molar-refractivity contribution is 6.76. The molecule has 9 heteroatoms. The number of hydrogen-bond acceptors (Lipinski definition) is 7. The first-order chi connectivity index (χ1) is 17.9. The van der Waals surface area contributed by atoms with Crippen molar-refractivity contribution in [3.05, 3.63) is 66.6 Å². The van der Waals surface area contributed by atoms with Crippen molar-refractivity contribution >= 4 is 19.0 Å². The SMILES string of the molecule is C[Si](C)(C)CCOCn1nccc1-c1ccc(Oc2ccc3nc(CN4CCNCC4)ccc3c2)nc1. The molecule has 4 heterocycles. The highest BCUT2D eigenvalue weighted by Crippen LogP contribution is 2.26. The molecule has 0 unspecified atom stereocenters. The van der Waals surface area contributed by atoms with Crippen molar-refractivity contribution in [1.82, 2.24) is 30.0 Å². The number of aromatic nitrogens is 4. The predicted octanol–water partition coefficient (Wildman–Crippen LogP) is 5.00. The van der Waals surface area contributed by atoms with E-state index in [9.17, 15) is 0 Å². The summed E-state index contributed by atoms with van der Waals surface area (Å²) in [6.45, 7) is 13.4. The summed E-state index contributed by atoms with van der Waals surface area (Å²) in [5, 5.41) is 8.86. The zero-order valence-electron chi connectivity index (χ0n) is 22.0. The molecule has 1 aliphatic heterocycles. The van der Waals surface area contributed by atoms with Crippen LogP contribution >= 0.6 is 0 Å². The first kappa shape index (κ1) is 25.5. The third-order valence-electron chi connectivity index (χ3n) is 6.49. The highest BCUT2D eigenvalue weighted by Gasteiger charge is 2.14. The summed E-state index contributed by atoms with van der Waals surface area (Å²) in [4.78, 5) is 11.8. The molecule has 8 nitrogen and oxygen atoms in total. The highest BCUT2D eigenvalue weighted by atomic mass is 28.3. The largest absolute Gasteiger partial charge is 0.439 e. The zero-order chi connectivity index (χ0) is 25.7. The van der Waals surface area contributed by atoms with Crippen LogP contribution in [-0.4, -0.2) is 65.5 Å². The van der Waals surface area contributed by atoms with Gasteiger partial charge in [0, 0.05) is 76.8 Å². The van der Waals surface area contributed by atoms with Crippen molar-refractivity contribution in [3.63, 3.8) is 0 Å². The fourth-order valence-corrected chi connectivity index (χ4v) is 5.08. The van der Waals surface area contributed by atoms with Gasteiger partial charge in [-0.05, 0) is 42.4 Å². The van der Waals surface area contributed by atoms with E-state index in [0.29, 0.717) is 12.6 Å². The maximum atomic E-state index is 6.05. The lowest BCUT2D eigenvalue weighted by Gasteiger charge is -2.26. The van der Waals surface area contributed by atoms with E-state index in [0.717, 1.165) is 79.0 Å². The smallest absolute Gasteiger partial charge is 0.219 e. The Morgan fingerprint density at radius 1 is 1.00 bits per heavy atom. The molecule has 37 heavy (non-hydrogen) atoms. The quantitative estimate of drug-likeness (QED) is 0.235. The molecule has 0 bridgehead atoms. The summed E-state index contributed by atoms with van der Waals surface area (Å²) in [6, 6.07) is 17.2. The lowest BCUT2D eigenvalue weighted by Crippen LogP contribution is -2.43. The normalized spacial score (nSPS) is 14.8. The van der Waals surface area contributed by atoms with Crippen LogP contribution in [0.4, 0.5) is 0 Å². The van der Waals surface area contributed by atoms with Crippen LogP contribution in [0.25, 0.3) is 22.2 Å². The fourth-order valence-electron chi connectivity index (χ4n) is 4.32. The van der Waals surface area contributed by atoms with Gasteiger partial charge in [0.1, 0.15) is 12.5 Å². The second-order valence-electron chi connectivity index (χ2n) is 10.7. The average Bonchev–Trinajstić information content (AvgIpc) is 3.36. The van der Waals surface area contributed by atoms with Gasteiger partial charge in [-0.25, -0.2) is 9.67 Å². The van der Waals surface area contributed by atoms with E-state index in [1.165, 1.54) is 0 Å². The van der Waals surface area contributed by atoms with Crippen LogP contribution in [-0.2, 0) is 18.0 Å². The Morgan fingerprint density at radius 2 is 1.86 bits per heavy atom. The number of nitrogens with zero attached hydrogens (tertiary/aromatic N) is 5. The summed E-state index contributed by atoms with van der Waals surface area (Å²) in [6.07, 6.45) is 3.61. The van der Waals surface area contributed by atoms with Gasteiger partial charge < -0.3 is 14.8 Å². The van der Waals surface area contributed by atoms with Crippen molar-refractivity contribution in [2.75, 3.05) is 32.8 Å². The van der Waals surface area contributed by atoms with Crippen LogP contribution in [0.1, 0.15) is 5.69 Å². The zero-order valence-corrected chi connectivity index (χ0v) is 23.0. The molecule has 4 aromatic rings. The minimum atomic E-state index is -1.11. The average molecular weight is 517 g/mol. The fraction of sp³-hybridized carbons (Fsp3) is 0.393. The molecule has 0 spiro atoms. The van der Waals surface area contributed by atoms with Crippen LogP contribution < -0.4 is 10.1 Å². The molecule has 1 saturated heterocycles. The topological polar surface area (TPSA) is 77.3 Å². The Balaban J connectivity index is 1.20. The molecule has 0 amide bonds. The third-order valence-corrected chi connectivity index (χ3v) is 8.20. The van der Waals surface area contributed by atoms with Crippen LogP contribution in [0.5, 0.6) is 11.6 Å². The summed E-state index contributed by atoms with van der Waals surface area (Å²) < 4.78 is 13.8. The molecule has 5 rings (SSSR count). The van der Waals surface area contributed by atoms with E-state index in [-0.39, 0.29) is 0 Å². The minimum Gasteiger partial charge on any atom is -0.439 e. The molecular weight excluding hydrogens is 480 g/mol. The first-order valence-electron chi connectivity index (χ1n) is 13.0. The molecule has 1 aliphatic rings. The Morgan fingerprint density at radius 3 is 2.65 bits per heavy atom. The van der Waals surface area contributed by atoms with Crippen molar-refractivity contribution in [2.45, 2.75) is 39.0 Å². The van der Waals surface area contributed by atoms with Gasteiger partial charge >= 0.3 is 0 Å². The standard InChI is InChI=1S/C28H36N6O2Si/c1-37(2,3)17-16-35-21-34-27(10-11-31-34)23-5-9-28(30-19-23)36-25-7-8-26-22(18-25)4-6-24(32-26)20-33-14-12-29-13-15-33/h4-11,18-19,29H,12-17,20-21H2,1-3H3. The van der Waals surface area contributed by atoms with Crippen LogP contribution in [0.2, 0.25) is 25.7 Å². The van der Waals surface area contributed by atoms with E-state index in [1.54, 1.807) is 6.20 Å². The Kier molecular flexibility index (Phi) is 7.95. The van der Waals surface area contributed by atoms with E-state index in [1.807, 2.05) is 47.3 Å². The summed E-state index contributed by atoms with van der Waals surface area (Å²) in [7, 11) is -1.11. The number of benzene rings is 1. The second-order valence-corrected chi connectivity index (χ2v) is 16.4. The molecule has 0 saturated carbocycles. The molecule has 1 aromatic carbocycles. The number of pyridine rings is 2. The van der Waals surface area contributed by atoms with Crippen LogP contribution in [0.15, 0.2) is 60.9 Å². The second kappa shape index (κ2) is 11.5. The maximum Gasteiger partial charge on any atom is 0.219 e. The number of ether oxygens (including phenoxy) is 2. The number of piperazine rings is 1. The molecule has 0 atom stereocenters. The molecule has 194 valence electrons. The van der Waals surface area contributed by atoms with Gasteiger partial charge in [-0.3, -0.25) is 9.88 Å². The van der Waals surface area contributed by atoms with Crippen LogP contribution in [0.3, 0.4) is 0 Å². The summed E-state index contributed by atoms with van der Waals surface area (Å²) in [5.41, 5.74) is 4.02. The Bertz CT molecular complexity index is 1310. The van der Waals surface area contributed by atoms with E-state index in [2.05, 4.69) is 52.1 Å². The monoisotopic (exact) mass is 516 g/mol. The minimum absolute atomic E-state index is 0.438. The van der Waals surface area contributed by atoms with Gasteiger partial charge in [-0.2, -0.15) is 5.10 Å². The Hall–Kier alpha value is -3.11. The predicted molar refractivity (Wildman–Crippen MR) is 150 cm³/mol. The van der Waals surface area contributed by atoms with Gasteiger partial charge in [0.25, 0.3) is 0 Å². The van der Waals surface area contributed by atoms with Gasteiger partial charge in [0.2, 0.25) is 5.88 Å². The molecule has 0 radical (unpaired) electrons. The molecule has 3 aromatic heterocycles. The van der Waals surface area contributed by atoms with Crippen molar-refractivity contribution in [3.8, 4) is 22.9 Å².